The number of fused-ring (bicyclic) bond motifs is 1. The lowest BCUT2D eigenvalue weighted by Crippen LogP contribution is -2.53. The Labute approximate surface area is 211 Å². The largest absolute Gasteiger partial charge is 0.341 e. The molecule has 2 saturated heterocycles. The zero-order valence-electron chi connectivity index (χ0n) is 21.0. The molecule has 2 atom stereocenters. The van der Waals surface area contributed by atoms with E-state index in [0.29, 0.717) is 61.0 Å². The minimum absolute atomic E-state index is 0.177. The van der Waals surface area contributed by atoms with Crippen molar-refractivity contribution in [3.05, 3.63) is 70.6 Å². The Morgan fingerprint density at radius 1 is 0.833 bits per heavy atom. The molecule has 1 aromatic heterocycles. The van der Waals surface area contributed by atoms with Crippen LogP contribution in [0.5, 0.6) is 0 Å². The quantitative estimate of drug-likeness (QED) is 0.565. The van der Waals surface area contributed by atoms with Crippen molar-refractivity contribution in [2.75, 3.05) is 45.8 Å². The molecule has 188 valence electrons. The first-order valence-electron chi connectivity index (χ1n) is 12.8. The summed E-state index contributed by atoms with van der Waals surface area (Å²) in [6.45, 7) is 8.76. The van der Waals surface area contributed by atoms with Gasteiger partial charge in [-0.1, -0.05) is 50.2 Å². The summed E-state index contributed by atoms with van der Waals surface area (Å²) in [5.41, 5.74) is 0.639. The molecule has 0 aliphatic carbocycles. The average molecular weight is 488 g/mol. The average Bonchev–Trinajstić information content (AvgIpc) is 2.89. The lowest BCUT2D eigenvalue weighted by Gasteiger charge is -2.38. The van der Waals surface area contributed by atoms with Crippen LogP contribution in [0.3, 0.4) is 0 Å². The summed E-state index contributed by atoms with van der Waals surface area (Å²) in [7, 11) is 0. The molecule has 2 amide bonds. The number of nitrogens with zero attached hydrogens (tertiary/aromatic N) is 5. The van der Waals surface area contributed by atoms with Crippen molar-refractivity contribution in [3.63, 3.8) is 0 Å². The number of aromatic nitrogens is 2. The summed E-state index contributed by atoms with van der Waals surface area (Å²) in [5.74, 6) is 1.05. The molecule has 0 saturated carbocycles. The fourth-order valence-electron chi connectivity index (χ4n) is 5.51. The molecule has 0 spiro atoms. The highest BCUT2D eigenvalue weighted by atomic mass is 16.2. The van der Waals surface area contributed by atoms with Crippen molar-refractivity contribution in [1.29, 1.82) is 0 Å². The van der Waals surface area contributed by atoms with Crippen LogP contribution in [0.25, 0.3) is 16.5 Å². The molecule has 5 rings (SSSR count). The van der Waals surface area contributed by atoms with E-state index >= 15 is 0 Å². The SMILES string of the molecule is CC1CC(C)CN(C(=O)CN2CCN(C(=O)c3nn(-c4ccccc4)c(=O)c4ccccc34)CC2)C1. The van der Waals surface area contributed by atoms with Gasteiger partial charge in [0, 0.05) is 44.7 Å². The number of carbonyl (C=O) groups excluding carboxylic acids is 2. The van der Waals surface area contributed by atoms with Crippen molar-refractivity contribution in [3.8, 4) is 5.69 Å². The predicted molar refractivity (Wildman–Crippen MR) is 139 cm³/mol. The normalized spacial score (nSPS) is 21.1. The third-order valence-electron chi connectivity index (χ3n) is 7.25. The smallest absolute Gasteiger partial charge is 0.279 e. The molecule has 2 unspecified atom stereocenters. The zero-order chi connectivity index (χ0) is 25.2. The highest BCUT2D eigenvalue weighted by molar-refractivity contribution is 6.04. The van der Waals surface area contributed by atoms with Crippen molar-refractivity contribution in [2.24, 2.45) is 11.8 Å². The van der Waals surface area contributed by atoms with Gasteiger partial charge >= 0.3 is 0 Å². The van der Waals surface area contributed by atoms with Crippen LogP contribution in [0.1, 0.15) is 30.8 Å². The highest BCUT2D eigenvalue weighted by Crippen LogP contribution is 2.22. The Hall–Kier alpha value is -3.52. The van der Waals surface area contributed by atoms with Gasteiger partial charge in [-0.3, -0.25) is 19.3 Å². The minimum Gasteiger partial charge on any atom is -0.341 e. The van der Waals surface area contributed by atoms with E-state index in [-0.39, 0.29) is 23.1 Å². The predicted octanol–water partition coefficient (Wildman–Crippen LogP) is 2.65. The van der Waals surface area contributed by atoms with E-state index in [1.807, 2.05) is 29.2 Å². The number of hydrogen-bond acceptors (Lipinski definition) is 5. The molecule has 3 heterocycles. The van der Waals surface area contributed by atoms with Crippen LogP contribution in [0.15, 0.2) is 59.4 Å². The number of rotatable bonds is 4. The molecule has 8 nitrogen and oxygen atoms in total. The van der Waals surface area contributed by atoms with Crippen molar-refractivity contribution < 1.29 is 9.59 Å². The van der Waals surface area contributed by atoms with Gasteiger partial charge in [-0.25, -0.2) is 0 Å². The van der Waals surface area contributed by atoms with E-state index < -0.39 is 0 Å². The third kappa shape index (κ3) is 4.91. The number of piperidine rings is 1. The van der Waals surface area contributed by atoms with Gasteiger partial charge in [0.05, 0.1) is 17.6 Å². The first-order valence-corrected chi connectivity index (χ1v) is 12.8. The number of piperazine rings is 1. The number of amides is 2. The molecule has 2 aliphatic heterocycles. The minimum atomic E-state index is -0.252. The van der Waals surface area contributed by atoms with Crippen LogP contribution in [0.2, 0.25) is 0 Å². The van der Waals surface area contributed by atoms with Crippen LogP contribution in [0.4, 0.5) is 0 Å². The van der Waals surface area contributed by atoms with E-state index in [1.54, 1.807) is 35.2 Å². The topological polar surface area (TPSA) is 78.8 Å². The van der Waals surface area contributed by atoms with Gasteiger partial charge in [-0.15, -0.1) is 0 Å². The fourth-order valence-corrected chi connectivity index (χ4v) is 5.51. The van der Waals surface area contributed by atoms with Crippen LogP contribution in [0, 0.1) is 11.8 Å². The summed E-state index contributed by atoms with van der Waals surface area (Å²) >= 11 is 0. The van der Waals surface area contributed by atoms with E-state index in [1.165, 1.54) is 11.1 Å². The Balaban J connectivity index is 1.31. The Morgan fingerprint density at radius 2 is 1.44 bits per heavy atom. The first-order chi connectivity index (χ1) is 17.4. The second-order valence-electron chi connectivity index (χ2n) is 10.3. The molecular formula is C28H33N5O3. The number of benzene rings is 2. The summed E-state index contributed by atoms with van der Waals surface area (Å²) in [6, 6.07) is 16.3. The summed E-state index contributed by atoms with van der Waals surface area (Å²) in [4.78, 5) is 45.6. The molecule has 3 aromatic rings. The number of likely N-dealkylation sites (tertiary alicyclic amines) is 1. The van der Waals surface area contributed by atoms with E-state index in [2.05, 4.69) is 23.8 Å². The molecular weight excluding hydrogens is 454 g/mol. The van der Waals surface area contributed by atoms with Gasteiger partial charge in [-0.05, 0) is 36.5 Å². The van der Waals surface area contributed by atoms with Gasteiger partial charge in [0.2, 0.25) is 5.91 Å². The van der Waals surface area contributed by atoms with Crippen molar-refractivity contribution in [2.45, 2.75) is 20.3 Å². The van der Waals surface area contributed by atoms with E-state index in [4.69, 9.17) is 0 Å². The van der Waals surface area contributed by atoms with Crippen LogP contribution in [-0.4, -0.2) is 82.1 Å². The number of hydrogen-bond donors (Lipinski definition) is 0. The Morgan fingerprint density at radius 3 is 2.11 bits per heavy atom. The molecule has 36 heavy (non-hydrogen) atoms. The molecule has 0 radical (unpaired) electrons. The van der Waals surface area contributed by atoms with Gasteiger partial charge < -0.3 is 9.80 Å². The second kappa shape index (κ2) is 10.2. The zero-order valence-corrected chi connectivity index (χ0v) is 21.0. The summed E-state index contributed by atoms with van der Waals surface area (Å²) in [6.07, 6.45) is 1.17. The highest BCUT2D eigenvalue weighted by Gasteiger charge is 2.29. The maximum Gasteiger partial charge on any atom is 0.279 e. The Kier molecular flexibility index (Phi) is 6.87. The van der Waals surface area contributed by atoms with Gasteiger partial charge in [0.1, 0.15) is 0 Å². The van der Waals surface area contributed by atoms with Crippen molar-refractivity contribution >= 4 is 22.6 Å². The van der Waals surface area contributed by atoms with E-state index in [0.717, 1.165) is 13.1 Å². The monoisotopic (exact) mass is 487 g/mol. The van der Waals surface area contributed by atoms with Crippen LogP contribution in [-0.2, 0) is 4.79 Å². The number of carbonyl (C=O) groups is 2. The molecule has 2 aromatic carbocycles. The van der Waals surface area contributed by atoms with Crippen LogP contribution >= 0.6 is 0 Å². The molecule has 2 aliphatic rings. The van der Waals surface area contributed by atoms with E-state index in [9.17, 15) is 14.4 Å². The fraction of sp³-hybridized carbons (Fsp3) is 0.429. The lowest BCUT2D eigenvalue weighted by atomic mass is 9.92. The van der Waals surface area contributed by atoms with Gasteiger partial charge in [0.25, 0.3) is 11.5 Å². The second-order valence-corrected chi connectivity index (χ2v) is 10.3. The molecule has 2 fully saturated rings. The maximum absolute atomic E-state index is 13.6. The maximum atomic E-state index is 13.6. The molecule has 0 N–H and O–H groups in total. The molecule has 0 bridgehead atoms. The van der Waals surface area contributed by atoms with Gasteiger partial charge in [-0.2, -0.15) is 9.78 Å². The molecule has 8 heteroatoms. The first kappa shape index (κ1) is 24.2. The standard InChI is InChI=1S/C28H33N5O3/c1-20-16-21(2)18-32(17-20)25(34)19-30-12-14-31(15-13-30)28(36)26-23-10-6-7-11-24(23)27(35)33(29-26)22-8-4-3-5-9-22/h3-11,20-21H,12-19H2,1-2H3. The van der Waals surface area contributed by atoms with Crippen LogP contribution < -0.4 is 5.56 Å². The lowest BCUT2D eigenvalue weighted by molar-refractivity contribution is -0.135. The summed E-state index contributed by atoms with van der Waals surface area (Å²) < 4.78 is 1.31. The third-order valence-corrected chi connectivity index (χ3v) is 7.25. The summed E-state index contributed by atoms with van der Waals surface area (Å²) in [5, 5.41) is 5.55. The Bertz CT molecular complexity index is 1300. The van der Waals surface area contributed by atoms with Crippen molar-refractivity contribution in [1.82, 2.24) is 24.5 Å². The van der Waals surface area contributed by atoms with Gasteiger partial charge in [0.15, 0.2) is 5.69 Å². The number of para-hydroxylation sites is 1.